The Balaban J connectivity index is 1.60. The molecule has 5 bridgehead atoms. The van der Waals surface area contributed by atoms with E-state index in [9.17, 15) is 29.1 Å². The maximum absolute atomic E-state index is 13.7. The average Bonchev–Trinajstić information content (AvgIpc) is 3.25. The van der Waals surface area contributed by atoms with E-state index < -0.39 is 53.5 Å². The molecule has 2 fully saturated rings. The molecular weight excluding hydrogens is 516 g/mol. The summed E-state index contributed by atoms with van der Waals surface area (Å²) >= 11 is 0. The summed E-state index contributed by atoms with van der Waals surface area (Å²) in [6, 6.07) is 0. The molecule has 2 saturated heterocycles. The Labute approximate surface area is 233 Å². The molecule has 5 aliphatic rings. The van der Waals surface area contributed by atoms with Crippen molar-refractivity contribution in [3.63, 3.8) is 0 Å². The molecule has 9 nitrogen and oxygen atoms in total. The number of ketones is 1. The van der Waals surface area contributed by atoms with Crippen molar-refractivity contribution in [2.75, 3.05) is 0 Å². The van der Waals surface area contributed by atoms with E-state index >= 15 is 0 Å². The van der Waals surface area contributed by atoms with Gasteiger partial charge in [-0.3, -0.25) is 14.4 Å². The molecule has 9 heteroatoms. The van der Waals surface area contributed by atoms with Crippen LogP contribution in [-0.4, -0.2) is 46.7 Å². The van der Waals surface area contributed by atoms with Gasteiger partial charge in [0.1, 0.15) is 11.5 Å². The van der Waals surface area contributed by atoms with Gasteiger partial charge in [-0.15, -0.1) is 0 Å². The van der Waals surface area contributed by atoms with Crippen LogP contribution in [0.2, 0.25) is 0 Å². The Hall–Kier alpha value is -3.33. The minimum Gasteiger partial charge on any atom is -0.481 e. The van der Waals surface area contributed by atoms with Gasteiger partial charge in [-0.25, -0.2) is 9.59 Å². The molecule has 3 aliphatic heterocycles. The van der Waals surface area contributed by atoms with Crippen molar-refractivity contribution in [2.45, 2.75) is 89.9 Å². The summed E-state index contributed by atoms with van der Waals surface area (Å²) in [5.74, 6) is -7.03. The number of carbonyl (C=O) groups excluding carboxylic acids is 4. The summed E-state index contributed by atoms with van der Waals surface area (Å²) in [5, 5.41) is 9.90. The van der Waals surface area contributed by atoms with Crippen LogP contribution < -0.4 is 0 Å². The number of esters is 3. The van der Waals surface area contributed by atoms with E-state index in [1.165, 1.54) is 0 Å². The van der Waals surface area contributed by atoms with E-state index in [0.29, 0.717) is 18.4 Å². The number of Topliss-reactive ketones (excluding diaryl/α,β-unsaturated/α-hetero) is 1. The second-order valence-corrected chi connectivity index (χ2v) is 11.5. The number of hydrogen-bond acceptors (Lipinski definition) is 8. The Morgan fingerprint density at radius 1 is 1.05 bits per heavy atom. The molecule has 214 valence electrons. The van der Waals surface area contributed by atoms with Crippen molar-refractivity contribution in [3.05, 3.63) is 47.1 Å². The average molecular weight is 553 g/mol. The Morgan fingerprint density at radius 3 is 2.52 bits per heavy atom. The standard InChI is InChI=1S/C31H36O9/c1-3-5-7-8-9-11-12-18-14-23-30(17-24(33)34)16-20-25(28(36)38-27(20)35)26-19(18)15-22(21(32)13-10-6-4-2)39-31(23,26)40-29(30)37/h3-6,14,18-19,22,26H,7-13,15-17H2,1-2H3,(H,33,34)/b5-3+,6-4+/t18-,19+,22-,26+,30-,31-/m0/s1. The lowest BCUT2D eigenvalue weighted by Crippen LogP contribution is -2.59. The summed E-state index contributed by atoms with van der Waals surface area (Å²) in [6.07, 6.45) is 13.6. The van der Waals surface area contributed by atoms with Gasteiger partial charge in [0.25, 0.3) is 0 Å². The minimum atomic E-state index is -1.82. The van der Waals surface area contributed by atoms with E-state index in [-0.39, 0.29) is 41.6 Å². The van der Waals surface area contributed by atoms with E-state index in [4.69, 9.17) is 14.2 Å². The van der Waals surface area contributed by atoms with E-state index in [2.05, 4.69) is 6.08 Å². The predicted molar refractivity (Wildman–Crippen MR) is 141 cm³/mol. The number of hydrogen-bond donors (Lipinski definition) is 1. The lowest BCUT2D eigenvalue weighted by atomic mass is 9.59. The SMILES string of the molecule is C/C=C/CCCCC[C@H]1C=C2[C@@]3(CC(=O)O)CC4=C(C(=O)OC4=O)[C@H]4[C@@H]1C[C@@H](C(=O)CC/C=C/C)O[C@]24OC3=O. The van der Waals surface area contributed by atoms with Crippen LogP contribution in [0.15, 0.2) is 47.1 Å². The van der Waals surface area contributed by atoms with Gasteiger partial charge in [0.05, 0.1) is 23.5 Å². The second-order valence-electron chi connectivity index (χ2n) is 11.5. The fraction of sp³-hybridized carbons (Fsp3) is 0.581. The fourth-order valence-corrected chi connectivity index (χ4v) is 7.40. The molecule has 0 aromatic rings. The largest absolute Gasteiger partial charge is 0.481 e. The first-order chi connectivity index (χ1) is 19.2. The normalized spacial score (nSPS) is 34.1. The van der Waals surface area contributed by atoms with Gasteiger partial charge < -0.3 is 19.3 Å². The molecule has 1 spiro atoms. The minimum absolute atomic E-state index is 0.0270. The molecule has 2 aliphatic carbocycles. The van der Waals surface area contributed by atoms with Crippen LogP contribution in [0.5, 0.6) is 0 Å². The Bertz CT molecular complexity index is 1250. The topological polar surface area (TPSA) is 133 Å². The maximum atomic E-state index is 13.7. The van der Waals surface area contributed by atoms with Crippen LogP contribution in [0, 0.1) is 23.2 Å². The number of carboxylic acids is 1. The molecule has 0 amide bonds. The molecule has 0 saturated carbocycles. The van der Waals surface area contributed by atoms with Gasteiger partial charge >= 0.3 is 23.9 Å². The molecular formula is C31H36O9. The molecule has 0 radical (unpaired) electrons. The lowest BCUT2D eigenvalue weighted by Gasteiger charge is -2.52. The zero-order valence-electron chi connectivity index (χ0n) is 23.0. The zero-order chi connectivity index (χ0) is 28.7. The third kappa shape index (κ3) is 4.48. The van der Waals surface area contributed by atoms with Gasteiger partial charge in [0, 0.05) is 18.4 Å². The zero-order valence-corrected chi connectivity index (χ0v) is 23.0. The number of carboxylic acid groups (broad SMARTS) is 1. The number of unbranched alkanes of at least 4 members (excludes halogenated alkanes) is 3. The van der Waals surface area contributed by atoms with Crippen molar-refractivity contribution in [2.24, 2.45) is 23.2 Å². The predicted octanol–water partition coefficient (Wildman–Crippen LogP) is 4.51. The number of carbonyl (C=O) groups is 5. The van der Waals surface area contributed by atoms with Gasteiger partial charge in [-0.2, -0.15) is 0 Å². The molecule has 3 heterocycles. The highest BCUT2D eigenvalue weighted by Gasteiger charge is 2.75. The van der Waals surface area contributed by atoms with Crippen molar-refractivity contribution in [3.8, 4) is 0 Å². The highest BCUT2D eigenvalue weighted by Crippen LogP contribution is 2.67. The second kappa shape index (κ2) is 10.9. The number of ether oxygens (including phenoxy) is 3. The van der Waals surface area contributed by atoms with Gasteiger partial charge in [-0.05, 0) is 57.8 Å². The highest BCUT2D eigenvalue weighted by atomic mass is 16.7. The Morgan fingerprint density at radius 2 is 1.80 bits per heavy atom. The first kappa shape index (κ1) is 28.2. The number of cyclic esters (lactones) is 2. The van der Waals surface area contributed by atoms with Gasteiger partial charge in [0.2, 0.25) is 5.79 Å². The smallest absolute Gasteiger partial charge is 0.343 e. The molecule has 6 atom stereocenters. The monoisotopic (exact) mass is 552 g/mol. The van der Waals surface area contributed by atoms with Crippen molar-refractivity contribution in [1.82, 2.24) is 0 Å². The van der Waals surface area contributed by atoms with E-state index in [0.717, 1.165) is 32.1 Å². The summed E-state index contributed by atoms with van der Waals surface area (Å²) in [7, 11) is 0. The van der Waals surface area contributed by atoms with Crippen LogP contribution >= 0.6 is 0 Å². The van der Waals surface area contributed by atoms with Gasteiger partial charge in [-0.1, -0.05) is 43.2 Å². The summed E-state index contributed by atoms with van der Waals surface area (Å²) in [6.45, 7) is 3.86. The number of rotatable bonds is 12. The van der Waals surface area contributed by atoms with Crippen LogP contribution in [0.25, 0.3) is 0 Å². The molecule has 1 N–H and O–H groups in total. The Kier molecular flexibility index (Phi) is 7.70. The summed E-state index contributed by atoms with van der Waals surface area (Å²) in [4.78, 5) is 65.1. The molecule has 5 rings (SSSR count). The lowest BCUT2D eigenvalue weighted by molar-refractivity contribution is -0.268. The van der Waals surface area contributed by atoms with Crippen LogP contribution in [-0.2, 0) is 38.2 Å². The third-order valence-electron chi connectivity index (χ3n) is 9.11. The van der Waals surface area contributed by atoms with Crippen molar-refractivity contribution < 1.29 is 43.3 Å². The molecule has 40 heavy (non-hydrogen) atoms. The number of aliphatic carboxylic acids is 1. The van der Waals surface area contributed by atoms with E-state index in [1.807, 2.05) is 38.2 Å². The van der Waals surface area contributed by atoms with Crippen molar-refractivity contribution in [1.29, 1.82) is 0 Å². The third-order valence-corrected chi connectivity index (χ3v) is 9.11. The number of allylic oxidation sites excluding steroid dienone is 5. The van der Waals surface area contributed by atoms with Crippen LogP contribution in [0.1, 0.15) is 78.1 Å². The fourth-order valence-electron chi connectivity index (χ4n) is 7.40. The van der Waals surface area contributed by atoms with Crippen LogP contribution in [0.3, 0.4) is 0 Å². The molecule has 0 aromatic heterocycles. The van der Waals surface area contributed by atoms with Crippen molar-refractivity contribution >= 4 is 29.7 Å². The quantitative estimate of drug-likeness (QED) is 0.161. The van der Waals surface area contributed by atoms with E-state index in [1.54, 1.807) is 0 Å². The molecule has 0 aromatic carbocycles. The first-order valence-corrected chi connectivity index (χ1v) is 14.3. The molecule has 0 unspecified atom stereocenters. The summed E-state index contributed by atoms with van der Waals surface area (Å²) < 4.78 is 17.4. The highest BCUT2D eigenvalue weighted by molar-refractivity contribution is 6.14. The van der Waals surface area contributed by atoms with Gasteiger partial charge in [0.15, 0.2) is 5.78 Å². The maximum Gasteiger partial charge on any atom is 0.343 e. The first-order valence-electron chi connectivity index (χ1n) is 14.3. The summed E-state index contributed by atoms with van der Waals surface area (Å²) in [5.41, 5.74) is -1.25. The van der Waals surface area contributed by atoms with Crippen LogP contribution in [0.4, 0.5) is 0 Å².